The Morgan fingerprint density at radius 3 is 2.45 bits per heavy atom. The van der Waals surface area contributed by atoms with Gasteiger partial charge in [0.2, 0.25) is 10.0 Å². The van der Waals surface area contributed by atoms with Crippen molar-refractivity contribution in [2.24, 2.45) is 0 Å². The third kappa shape index (κ3) is 3.73. The van der Waals surface area contributed by atoms with Gasteiger partial charge in [-0.3, -0.25) is 0 Å². The van der Waals surface area contributed by atoms with E-state index in [4.69, 9.17) is 16.3 Å². The van der Waals surface area contributed by atoms with Crippen LogP contribution in [0.15, 0.2) is 24.3 Å². The van der Waals surface area contributed by atoms with Crippen LogP contribution in [0, 0.1) is 0 Å². The molecule has 1 aromatic carbocycles. The van der Waals surface area contributed by atoms with Gasteiger partial charge in [-0.2, -0.15) is 4.31 Å². The standard InChI is InChI=1S/C14H20ClNO3S/c1-11-9-19-12(2)8-16(11)20(17,18)10-14-5-3-13(7-15)4-6-14/h3-6,11-12H,7-10H2,1-2H3. The zero-order valence-electron chi connectivity index (χ0n) is 11.8. The first-order chi connectivity index (χ1) is 9.42. The smallest absolute Gasteiger partial charge is 0.218 e. The molecule has 0 amide bonds. The fourth-order valence-corrected chi connectivity index (χ4v) is 4.28. The van der Waals surface area contributed by atoms with Gasteiger partial charge >= 0.3 is 0 Å². The molecule has 0 saturated carbocycles. The molecule has 1 aliphatic rings. The lowest BCUT2D eigenvalue weighted by atomic mass is 10.2. The van der Waals surface area contributed by atoms with Crippen LogP contribution in [0.25, 0.3) is 0 Å². The van der Waals surface area contributed by atoms with Crippen LogP contribution in [0.5, 0.6) is 0 Å². The molecule has 6 heteroatoms. The maximum atomic E-state index is 12.5. The Bertz CT molecular complexity index is 544. The summed E-state index contributed by atoms with van der Waals surface area (Å²) in [7, 11) is -3.32. The summed E-state index contributed by atoms with van der Waals surface area (Å²) < 4.78 is 32.0. The summed E-state index contributed by atoms with van der Waals surface area (Å²) in [5.41, 5.74) is 1.77. The molecule has 1 saturated heterocycles. The van der Waals surface area contributed by atoms with Gasteiger partial charge in [-0.15, -0.1) is 11.6 Å². The van der Waals surface area contributed by atoms with Crippen molar-refractivity contribution < 1.29 is 13.2 Å². The number of benzene rings is 1. The molecule has 0 radical (unpaired) electrons. The van der Waals surface area contributed by atoms with Crippen LogP contribution in [0.4, 0.5) is 0 Å². The zero-order chi connectivity index (χ0) is 14.8. The largest absolute Gasteiger partial charge is 0.375 e. The summed E-state index contributed by atoms with van der Waals surface area (Å²) in [6.45, 7) is 4.64. The van der Waals surface area contributed by atoms with E-state index in [0.717, 1.165) is 11.1 Å². The van der Waals surface area contributed by atoms with Gasteiger partial charge in [0, 0.05) is 18.5 Å². The molecule has 1 fully saturated rings. The highest BCUT2D eigenvalue weighted by atomic mass is 35.5. The summed E-state index contributed by atoms with van der Waals surface area (Å²) in [5.74, 6) is 0.456. The first kappa shape index (κ1) is 15.8. The van der Waals surface area contributed by atoms with Gasteiger partial charge in [0.1, 0.15) is 0 Å². The van der Waals surface area contributed by atoms with Gasteiger partial charge in [0.25, 0.3) is 0 Å². The maximum Gasteiger partial charge on any atom is 0.218 e. The molecule has 0 aliphatic carbocycles. The minimum Gasteiger partial charge on any atom is -0.375 e. The summed E-state index contributed by atoms with van der Waals surface area (Å²) in [5, 5.41) is 0. The van der Waals surface area contributed by atoms with Crippen molar-refractivity contribution in [3.63, 3.8) is 0 Å². The van der Waals surface area contributed by atoms with E-state index in [1.807, 2.05) is 38.1 Å². The van der Waals surface area contributed by atoms with Gasteiger partial charge in [0.05, 0.1) is 18.5 Å². The molecule has 112 valence electrons. The van der Waals surface area contributed by atoms with E-state index in [-0.39, 0.29) is 17.9 Å². The molecule has 1 aliphatic heterocycles. The van der Waals surface area contributed by atoms with Gasteiger partial charge in [0.15, 0.2) is 0 Å². The molecule has 2 rings (SSSR count). The molecule has 2 unspecified atom stereocenters. The van der Waals surface area contributed by atoms with E-state index in [2.05, 4.69) is 0 Å². The van der Waals surface area contributed by atoms with Gasteiger partial charge in [-0.25, -0.2) is 8.42 Å². The zero-order valence-corrected chi connectivity index (χ0v) is 13.3. The number of halogens is 1. The number of rotatable bonds is 4. The number of nitrogens with zero attached hydrogens (tertiary/aromatic N) is 1. The van der Waals surface area contributed by atoms with Crippen molar-refractivity contribution in [1.82, 2.24) is 4.31 Å². The van der Waals surface area contributed by atoms with Crippen molar-refractivity contribution >= 4 is 21.6 Å². The molecule has 2 atom stereocenters. The molecule has 4 nitrogen and oxygen atoms in total. The van der Waals surface area contributed by atoms with Crippen molar-refractivity contribution in [2.75, 3.05) is 13.2 Å². The molecule has 20 heavy (non-hydrogen) atoms. The number of morpholine rings is 1. The fraction of sp³-hybridized carbons (Fsp3) is 0.571. The van der Waals surface area contributed by atoms with Gasteiger partial charge in [-0.1, -0.05) is 24.3 Å². The van der Waals surface area contributed by atoms with Crippen LogP contribution in [0.3, 0.4) is 0 Å². The highest BCUT2D eigenvalue weighted by Crippen LogP contribution is 2.19. The monoisotopic (exact) mass is 317 g/mol. The predicted molar refractivity (Wildman–Crippen MR) is 80.2 cm³/mol. The summed E-state index contributed by atoms with van der Waals surface area (Å²) in [6, 6.07) is 7.26. The van der Waals surface area contributed by atoms with E-state index in [0.29, 0.717) is 19.0 Å². The lowest BCUT2D eigenvalue weighted by Gasteiger charge is -2.35. The molecule has 0 spiro atoms. The van der Waals surface area contributed by atoms with Crippen molar-refractivity contribution in [3.8, 4) is 0 Å². The number of hydrogen-bond donors (Lipinski definition) is 0. The predicted octanol–water partition coefficient (Wildman–Crippen LogP) is 2.36. The Labute approximate surface area is 125 Å². The van der Waals surface area contributed by atoms with E-state index in [9.17, 15) is 8.42 Å². The van der Waals surface area contributed by atoms with Crippen molar-refractivity contribution in [2.45, 2.75) is 37.6 Å². The van der Waals surface area contributed by atoms with E-state index >= 15 is 0 Å². The third-order valence-corrected chi connectivity index (χ3v) is 5.66. The van der Waals surface area contributed by atoms with E-state index in [1.54, 1.807) is 4.31 Å². The summed E-state index contributed by atoms with van der Waals surface area (Å²) in [4.78, 5) is 0. The van der Waals surface area contributed by atoms with Crippen LogP contribution >= 0.6 is 11.6 Å². The first-order valence-electron chi connectivity index (χ1n) is 6.67. The normalized spacial score (nSPS) is 24.8. The Balaban J connectivity index is 2.13. The molecule has 1 heterocycles. The minimum atomic E-state index is -3.32. The number of sulfonamides is 1. The van der Waals surface area contributed by atoms with Gasteiger partial charge in [-0.05, 0) is 25.0 Å². The average Bonchev–Trinajstić information content (AvgIpc) is 2.42. The molecule has 0 bridgehead atoms. The molecule has 0 N–H and O–H groups in total. The highest BCUT2D eigenvalue weighted by Gasteiger charge is 2.32. The Kier molecular flexibility index (Phi) is 5.07. The maximum absolute atomic E-state index is 12.5. The van der Waals surface area contributed by atoms with Crippen molar-refractivity contribution in [1.29, 1.82) is 0 Å². The molecule has 1 aromatic rings. The second-order valence-corrected chi connectivity index (χ2v) is 7.46. The lowest BCUT2D eigenvalue weighted by molar-refractivity contribution is -0.0171. The lowest BCUT2D eigenvalue weighted by Crippen LogP contribution is -2.50. The van der Waals surface area contributed by atoms with Crippen LogP contribution in [-0.2, 0) is 26.4 Å². The van der Waals surface area contributed by atoms with Crippen LogP contribution in [0.1, 0.15) is 25.0 Å². The van der Waals surface area contributed by atoms with Gasteiger partial charge < -0.3 is 4.74 Å². The number of alkyl halides is 1. The number of hydrogen-bond acceptors (Lipinski definition) is 3. The van der Waals surface area contributed by atoms with Crippen LogP contribution < -0.4 is 0 Å². The first-order valence-corrected chi connectivity index (χ1v) is 8.81. The topological polar surface area (TPSA) is 46.6 Å². The van der Waals surface area contributed by atoms with Crippen LogP contribution in [0.2, 0.25) is 0 Å². The summed E-state index contributed by atoms with van der Waals surface area (Å²) in [6.07, 6.45) is -0.0559. The van der Waals surface area contributed by atoms with E-state index < -0.39 is 10.0 Å². The SMILES string of the molecule is CC1CN(S(=O)(=O)Cc2ccc(CCl)cc2)C(C)CO1. The van der Waals surface area contributed by atoms with Crippen molar-refractivity contribution in [3.05, 3.63) is 35.4 Å². The Hall–Kier alpha value is -0.620. The summed E-state index contributed by atoms with van der Waals surface area (Å²) >= 11 is 5.73. The average molecular weight is 318 g/mol. The molecular formula is C14H20ClNO3S. The second kappa shape index (κ2) is 6.43. The minimum absolute atomic E-state index is 0.0205. The Morgan fingerprint density at radius 2 is 1.85 bits per heavy atom. The Morgan fingerprint density at radius 1 is 1.25 bits per heavy atom. The molecule has 0 aromatic heterocycles. The third-order valence-electron chi connectivity index (χ3n) is 3.43. The van der Waals surface area contributed by atoms with E-state index in [1.165, 1.54) is 0 Å². The fourth-order valence-electron chi connectivity index (χ4n) is 2.28. The quantitative estimate of drug-likeness (QED) is 0.801. The van der Waals surface area contributed by atoms with Crippen LogP contribution in [-0.4, -0.2) is 38.0 Å². The molecular weight excluding hydrogens is 298 g/mol. The number of ether oxygens (including phenoxy) is 1. The second-order valence-electron chi connectivity index (χ2n) is 5.27. The highest BCUT2D eigenvalue weighted by molar-refractivity contribution is 7.88.